The number of benzene rings is 2. The number of rotatable bonds is 3. The van der Waals surface area contributed by atoms with Crippen LogP contribution in [0.5, 0.6) is 0 Å². The second-order valence-corrected chi connectivity index (χ2v) is 7.36. The zero-order valence-corrected chi connectivity index (χ0v) is 16.3. The van der Waals surface area contributed by atoms with Crippen molar-refractivity contribution in [2.45, 2.75) is 32.9 Å². The molecule has 0 amide bonds. The molecular formula is C23H20F3N3. The third kappa shape index (κ3) is 3.50. The standard InChI is InChI=1S/C23H20F3N3/c1-14(2)16-9-11-17(12-10-16)20-13-19(23(24,25)26)21-15(3)28-29(22(21)27-20)18-7-5-4-6-8-18/h4-14H,1-3H3. The Balaban J connectivity index is 1.99. The fraction of sp³-hybridized carbons (Fsp3) is 0.217. The highest BCUT2D eigenvalue weighted by atomic mass is 19.4. The highest BCUT2D eigenvalue weighted by molar-refractivity contribution is 5.87. The van der Waals surface area contributed by atoms with Crippen LogP contribution in [0.2, 0.25) is 0 Å². The highest BCUT2D eigenvalue weighted by Crippen LogP contribution is 2.38. The Kier molecular flexibility index (Phi) is 4.65. The van der Waals surface area contributed by atoms with Gasteiger partial charge in [-0.05, 0) is 36.6 Å². The van der Waals surface area contributed by atoms with E-state index in [9.17, 15) is 13.2 Å². The molecule has 4 rings (SSSR count). The van der Waals surface area contributed by atoms with E-state index >= 15 is 0 Å². The van der Waals surface area contributed by atoms with Crippen molar-refractivity contribution >= 4 is 11.0 Å². The van der Waals surface area contributed by atoms with Gasteiger partial charge in [0, 0.05) is 5.56 Å². The van der Waals surface area contributed by atoms with Crippen molar-refractivity contribution < 1.29 is 13.2 Å². The normalized spacial score (nSPS) is 12.1. The van der Waals surface area contributed by atoms with Gasteiger partial charge in [-0.2, -0.15) is 18.3 Å². The van der Waals surface area contributed by atoms with Crippen molar-refractivity contribution in [1.82, 2.24) is 14.8 Å². The molecule has 2 aromatic heterocycles. The molecule has 0 unspecified atom stereocenters. The maximum absolute atomic E-state index is 13.9. The summed E-state index contributed by atoms with van der Waals surface area (Å²) in [5.41, 5.74) is 2.48. The van der Waals surface area contributed by atoms with Gasteiger partial charge in [0.1, 0.15) is 0 Å². The Morgan fingerprint density at radius 3 is 2.17 bits per heavy atom. The minimum atomic E-state index is -4.51. The topological polar surface area (TPSA) is 30.7 Å². The molecule has 0 aliphatic heterocycles. The number of fused-ring (bicyclic) bond motifs is 1. The fourth-order valence-electron chi connectivity index (χ4n) is 3.45. The highest BCUT2D eigenvalue weighted by Gasteiger charge is 2.35. The van der Waals surface area contributed by atoms with Gasteiger partial charge in [0.2, 0.25) is 0 Å². The quantitative estimate of drug-likeness (QED) is 0.394. The lowest BCUT2D eigenvalue weighted by molar-refractivity contribution is -0.136. The van der Waals surface area contributed by atoms with Crippen LogP contribution in [-0.4, -0.2) is 14.8 Å². The summed E-state index contributed by atoms with van der Waals surface area (Å²) in [6.07, 6.45) is -4.51. The average molecular weight is 395 g/mol. The van der Waals surface area contributed by atoms with E-state index in [-0.39, 0.29) is 16.7 Å². The largest absolute Gasteiger partial charge is 0.417 e. The molecule has 0 fully saturated rings. The Morgan fingerprint density at radius 1 is 0.931 bits per heavy atom. The number of hydrogen-bond acceptors (Lipinski definition) is 2. The van der Waals surface area contributed by atoms with E-state index in [1.54, 1.807) is 19.1 Å². The molecule has 0 spiro atoms. The molecule has 0 atom stereocenters. The van der Waals surface area contributed by atoms with Crippen molar-refractivity contribution in [2.75, 3.05) is 0 Å². The van der Waals surface area contributed by atoms with Crippen LogP contribution in [0.25, 0.3) is 28.0 Å². The molecule has 29 heavy (non-hydrogen) atoms. The van der Waals surface area contributed by atoms with Crippen LogP contribution in [0.1, 0.15) is 36.6 Å². The van der Waals surface area contributed by atoms with Gasteiger partial charge in [-0.15, -0.1) is 0 Å². The number of pyridine rings is 1. The lowest BCUT2D eigenvalue weighted by atomic mass is 9.99. The van der Waals surface area contributed by atoms with E-state index < -0.39 is 11.7 Å². The van der Waals surface area contributed by atoms with E-state index in [1.807, 2.05) is 42.5 Å². The minimum absolute atomic E-state index is 0.0314. The Bertz CT molecular complexity index is 1160. The molecule has 0 N–H and O–H groups in total. The number of aromatic nitrogens is 3. The molecule has 2 aromatic carbocycles. The van der Waals surface area contributed by atoms with E-state index in [2.05, 4.69) is 23.9 Å². The van der Waals surface area contributed by atoms with Crippen molar-refractivity contribution in [3.8, 4) is 16.9 Å². The Morgan fingerprint density at radius 2 is 1.59 bits per heavy atom. The van der Waals surface area contributed by atoms with Crippen molar-refractivity contribution in [3.63, 3.8) is 0 Å². The van der Waals surface area contributed by atoms with Gasteiger partial charge < -0.3 is 0 Å². The van der Waals surface area contributed by atoms with E-state index in [0.717, 1.165) is 11.6 Å². The molecule has 0 aliphatic rings. The first kappa shape index (κ1) is 19.2. The predicted octanol–water partition coefficient (Wildman–Crippen LogP) is 6.54. The molecule has 6 heteroatoms. The Labute approximate surface area is 166 Å². The van der Waals surface area contributed by atoms with Crippen LogP contribution in [0.4, 0.5) is 13.2 Å². The van der Waals surface area contributed by atoms with Gasteiger partial charge in [-0.25, -0.2) is 9.67 Å². The lowest BCUT2D eigenvalue weighted by Crippen LogP contribution is -2.08. The molecule has 0 aliphatic carbocycles. The van der Waals surface area contributed by atoms with Gasteiger partial charge in [0.25, 0.3) is 0 Å². The molecular weight excluding hydrogens is 375 g/mol. The van der Waals surface area contributed by atoms with Crippen LogP contribution in [0, 0.1) is 6.92 Å². The molecule has 0 saturated carbocycles. The third-order valence-corrected chi connectivity index (χ3v) is 4.99. The summed E-state index contributed by atoms with van der Waals surface area (Å²) in [6, 6.07) is 17.7. The molecule has 0 radical (unpaired) electrons. The number of nitrogens with zero attached hydrogens (tertiary/aromatic N) is 3. The SMILES string of the molecule is Cc1nn(-c2ccccc2)c2nc(-c3ccc(C(C)C)cc3)cc(C(F)(F)F)c12. The number of halogens is 3. The number of aryl methyl sites for hydroxylation is 1. The van der Waals surface area contributed by atoms with Gasteiger partial charge in [0.05, 0.1) is 28.0 Å². The summed E-state index contributed by atoms with van der Waals surface area (Å²) in [4.78, 5) is 4.59. The first-order valence-electron chi connectivity index (χ1n) is 9.39. The minimum Gasteiger partial charge on any atom is -0.228 e. The zero-order chi connectivity index (χ0) is 20.8. The number of para-hydroxylation sites is 1. The van der Waals surface area contributed by atoms with Gasteiger partial charge in [-0.1, -0.05) is 56.3 Å². The first-order chi connectivity index (χ1) is 13.8. The second-order valence-electron chi connectivity index (χ2n) is 7.36. The van der Waals surface area contributed by atoms with Gasteiger partial charge in [0.15, 0.2) is 5.65 Å². The maximum Gasteiger partial charge on any atom is 0.417 e. The van der Waals surface area contributed by atoms with Crippen molar-refractivity contribution in [2.24, 2.45) is 0 Å². The molecule has 0 bridgehead atoms. The zero-order valence-electron chi connectivity index (χ0n) is 16.3. The van der Waals surface area contributed by atoms with Crippen LogP contribution in [0.15, 0.2) is 60.7 Å². The number of alkyl halides is 3. The smallest absolute Gasteiger partial charge is 0.228 e. The van der Waals surface area contributed by atoms with Gasteiger partial charge >= 0.3 is 6.18 Å². The van der Waals surface area contributed by atoms with E-state index in [1.165, 1.54) is 4.68 Å². The summed E-state index contributed by atoms with van der Waals surface area (Å²) >= 11 is 0. The summed E-state index contributed by atoms with van der Waals surface area (Å²) in [6.45, 7) is 5.72. The average Bonchev–Trinajstić information content (AvgIpc) is 3.04. The molecule has 2 heterocycles. The van der Waals surface area contributed by atoms with E-state index in [4.69, 9.17) is 0 Å². The van der Waals surface area contributed by atoms with Crippen molar-refractivity contribution in [3.05, 3.63) is 77.5 Å². The fourth-order valence-corrected chi connectivity index (χ4v) is 3.45. The maximum atomic E-state index is 13.9. The number of hydrogen-bond donors (Lipinski definition) is 0. The van der Waals surface area contributed by atoms with Gasteiger partial charge in [-0.3, -0.25) is 0 Å². The lowest BCUT2D eigenvalue weighted by Gasteiger charge is -2.12. The first-order valence-corrected chi connectivity index (χ1v) is 9.39. The van der Waals surface area contributed by atoms with Crippen LogP contribution < -0.4 is 0 Å². The summed E-state index contributed by atoms with van der Waals surface area (Å²) in [5, 5.41) is 4.39. The van der Waals surface area contributed by atoms with Crippen LogP contribution in [0.3, 0.4) is 0 Å². The molecule has 0 saturated heterocycles. The van der Waals surface area contributed by atoms with Crippen LogP contribution >= 0.6 is 0 Å². The van der Waals surface area contributed by atoms with E-state index in [0.29, 0.717) is 22.9 Å². The predicted molar refractivity (Wildman–Crippen MR) is 108 cm³/mol. The summed E-state index contributed by atoms with van der Waals surface area (Å²) in [7, 11) is 0. The monoisotopic (exact) mass is 395 g/mol. The summed E-state index contributed by atoms with van der Waals surface area (Å²) < 4.78 is 43.2. The Hall–Kier alpha value is -3.15. The van der Waals surface area contributed by atoms with Crippen LogP contribution in [-0.2, 0) is 6.18 Å². The molecule has 148 valence electrons. The second kappa shape index (κ2) is 7.03. The van der Waals surface area contributed by atoms with Crippen molar-refractivity contribution in [1.29, 1.82) is 0 Å². The third-order valence-electron chi connectivity index (χ3n) is 4.99. The summed E-state index contributed by atoms with van der Waals surface area (Å²) in [5.74, 6) is 0.340. The molecule has 3 nitrogen and oxygen atoms in total. The molecule has 4 aromatic rings.